The first-order chi connectivity index (χ1) is 13.2. The fraction of sp³-hybridized carbons (Fsp3) is 0.250. The minimum atomic E-state index is -0.0286. The van der Waals surface area contributed by atoms with Crippen molar-refractivity contribution in [2.75, 3.05) is 38.2 Å². The van der Waals surface area contributed by atoms with E-state index in [1.165, 1.54) is 0 Å². The van der Waals surface area contributed by atoms with Crippen LogP contribution in [0.4, 0.5) is 5.69 Å². The van der Waals surface area contributed by atoms with E-state index in [4.69, 9.17) is 4.74 Å². The third-order valence-corrected chi connectivity index (χ3v) is 4.74. The highest BCUT2D eigenvalue weighted by atomic mass is 16.5. The zero-order valence-electron chi connectivity index (χ0n) is 15.1. The van der Waals surface area contributed by atoms with E-state index in [2.05, 4.69) is 20.1 Å². The molecule has 1 amide bonds. The molecule has 3 heterocycles. The van der Waals surface area contributed by atoms with Crippen molar-refractivity contribution in [3.63, 3.8) is 0 Å². The van der Waals surface area contributed by atoms with Crippen LogP contribution in [0.2, 0.25) is 0 Å². The van der Waals surface area contributed by atoms with Gasteiger partial charge in [-0.15, -0.1) is 0 Å². The number of hydrogen-bond donors (Lipinski definition) is 1. The van der Waals surface area contributed by atoms with Crippen molar-refractivity contribution in [1.82, 2.24) is 20.1 Å². The molecule has 138 valence electrons. The number of H-pyrrole nitrogens is 1. The molecule has 0 unspecified atom stereocenters. The van der Waals surface area contributed by atoms with Gasteiger partial charge in [-0.05, 0) is 42.5 Å². The average Bonchev–Trinajstić information content (AvgIpc) is 3.24. The number of nitrogens with zero attached hydrogens (tertiary/aromatic N) is 4. The van der Waals surface area contributed by atoms with Crippen LogP contribution in [-0.2, 0) is 0 Å². The molecule has 7 nitrogen and oxygen atoms in total. The van der Waals surface area contributed by atoms with Gasteiger partial charge >= 0.3 is 0 Å². The third-order valence-electron chi connectivity index (χ3n) is 4.74. The lowest BCUT2D eigenvalue weighted by molar-refractivity contribution is 0.0741. The van der Waals surface area contributed by atoms with Crippen LogP contribution < -0.4 is 9.64 Å². The Morgan fingerprint density at radius 3 is 2.48 bits per heavy atom. The highest BCUT2D eigenvalue weighted by Crippen LogP contribution is 2.21. The van der Waals surface area contributed by atoms with E-state index in [1.807, 2.05) is 47.4 Å². The number of nitrogens with one attached hydrogen (secondary N) is 1. The molecule has 1 N–H and O–H groups in total. The molecule has 1 aliphatic heterocycles. The van der Waals surface area contributed by atoms with E-state index in [1.54, 1.807) is 19.4 Å². The summed E-state index contributed by atoms with van der Waals surface area (Å²) in [7, 11) is 1.66. The highest BCUT2D eigenvalue weighted by Gasteiger charge is 2.24. The molecule has 4 rings (SSSR count). The summed E-state index contributed by atoms with van der Waals surface area (Å²) >= 11 is 0. The van der Waals surface area contributed by atoms with E-state index in [0.29, 0.717) is 24.5 Å². The fourth-order valence-electron chi connectivity index (χ4n) is 3.21. The van der Waals surface area contributed by atoms with Crippen LogP contribution >= 0.6 is 0 Å². The van der Waals surface area contributed by atoms with Gasteiger partial charge in [-0.1, -0.05) is 6.07 Å². The fourth-order valence-corrected chi connectivity index (χ4v) is 3.21. The summed E-state index contributed by atoms with van der Waals surface area (Å²) in [6.45, 7) is 2.92. The number of methoxy groups -OCH3 is 1. The second kappa shape index (κ2) is 7.49. The standard InChI is InChI=1S/C20H21N5O2/c1-27-16-7-5-15(6-8-16)24-10-12-25(13-11-24)20(26)19-14-18(22-23-19)17-4-2-3-9-21-17/h2-9,14H,10-13H2,1H3,(H,22,23). The van der Waals surface area contributed by atoms with Crippen LogP contribution in [-0.4, -0.2) is 59.3 Å². The summed E-state index contributed by atoms with van der Waals surface area (Å²) in [5.41, 5.74) is 3.06. The summed E-state index contributed by atoms with van der Waals surface area (Å²) in [6.07, 6.45) is 1.71. The number of ether oxygens (including phenoxy) is 1. The van der Waals surface area contributed by atoms with Crippen LogP contribution in [0.1, 0.15) is 10.5 Å². The Kier molecular flexibility index (Phi) is 4.74. The highest BCUT2D eigenvalue weighted by molar-refractivity contribution is 5.93. The van der Waals surface area contributed by atoms with E-state index in [-0.39, 0.29) is 5.91 Å². The molecule has 0 aliphatic carbocycles. The monoisotopic (exact) mass is 363 g/mol. The van der Waals surface area contributed by atoms with Crippen molar-refractivity contribution in [1.29, 1.82) is 0 Å². The van der Waals surface area contributed by atoms with Crippen molar-refractivity contribution < 1.29 is 9.53 Å². The first kappa shape index (κ1) is 17.1. The van der Waals surface area contributed by atoms with E-state index < -0.39 is 0 Å². The van der Waals surface area contributed by atoms with Crippen LogP contribution in [0.3, 0.4) is 0 Å². The van der Waals surface area contributed by atoms with E-state index >= 15 is 0 Å². The summed E-state index contributed by atoms with van der Waals surface area (Å²) in [6, 6.07) is 15.4. The molecule has 1 aliphatic rings. The summed E-state index contributed by atoms with van der Waals surface area (Å²) in [5, 5.41) is 7.07. The first-order valence-electron chi connectivity index (χ1n) is 8.90. The smallest absolute Gasteiger partial charge is 0.272 e. The minimum absolute atomic E-state index is 0.0286. The first-order valence-corrected chi connectivity index (χ1v) is 8.90. The molecule has 0 atom stereocenters. The van der Waals surface area contributed by atoms with Crippen molar-refractivity contribution in [2.24, 2.45) is 0 Å². The molecular weight excluding hydrogens is 342 g/mol. The van der Waals surface area contributed by atoms with Crippen LogP contribution in [0.25, 0.3) is 11.4 Å². The van der Waals surface area contributed by atoms with Crippen molar-refractivity contribution in [2.45, 2.75) is 0 Å². The molecule has 0 spiro atoms. The van der Waals surface area contributed by atoms with Gasteiger partial charge in [0.25, 0.3) is 5.91 Å². The van der Waals surface area contributed by atoms with Gasteiger partial charge in [-0.25, -0.2) is 0 Å². The van der Waals surface area contributed by atoms with Crippen molar-refractivity contribution >= 4 is 11.6 Å². The summed E-state index contributed by atoms with van der Waals surface area (Å²) in [5.74, 6) is 0.814. The van der Waals surface area contributed by atoms with Gasteiger partial charge in [0.05, 0.1) is 12.8 Å². The lowest BCUT2D eigenvalue weighted by Gasteiger charge is -2.35. The van der Waals surface area contributed by atoms with Crippen LogP contribution in [0.5, 0.6) is 5.75 Å². The molecule has 0 saturated carbocycles. The normalized spacial score (nSPS) is 14.3. The second-order valence-electron chi connectivity index (χ2n) is 6.36. The average molecular weight is 363 g/mol. The SMILES string of the molecule is COc1ccc(N2CCN(C(=O)c3cc(-c4ccccn4)n[nH]3)CC2)cc1. The zero-order valence-corrected chi connectivity index (χ0v) is 15.1. The number of piperazine rings is 1. The predicted octanol–water partition coefficient (Wildman–Crippen LogP) is 2.44. The maximum atomic E-state index is 12.8. The Morgan fingerprint density at radius 2 is 1.81 bits per heavy atom. The number of aromatic amines is 1. The number of aromatic nitrogens is 3. The molecular formula is C20H21N5O2. The second-order valence-corrected chi connectivity index (χ2v) is 6.36. The maximum absolute atomic E-state index is 12.8. The van der Waals surface area contributed by atoms with Gasteiger partial charge in [0.1, 0.15) is 17.1 Å². The number of carbonyl (C=O) groups excluding carboxylic acids is 1. The number of carbonyl (C=O) groups is 1. The molecule has 3 aromatic rings. The minimum Gasteiger partial charge on any atom is -0.497 e. The van der Waals surface area contributed by atoms with Crippen molar-refractivity contribution in [3.05, 3.63) is 60.4 Å². The van der Waals surface area contributed by atoms with Crippen LogP contribution in [0, 0.1) is 0 Å². The van der Waals surface area contributed by atoms with Gasteiger partial charge < -0.3 is 14.5 Å². The quantitative estimate of drug-likeness (QED) is 0.771. The third kappa shape index (κ3) is 3.62. The Bertz CT molecular complexity index is 900. The molecule has 1 aromatic carbocycles. The van der Waals surface area contributed by atoms with Gasteiger partial charge in [0, 0.05) is 38.1 Å². The summed E-state index contributed by atoms with van der Waals surface area (Å²) < 4.78 is 5.20. The molecule has 1 saturated heterocycles. The Balaban J connectivity index is 1.39. The number of benzene rings is 1. The molecule has 2 aromatic heterocycles. The van der Waals surface area contributed by atoms with Gasteiger partial charge in [-0.3, -0.25) is 14.9 Å². The molecule has 0 bridgehead atoms. The molecule has 1 fully saturated rings. The maximum Gasteiger partial charge on any atom is 0.272 e. The number of rotatable bonds is 4. The molecule has 0 radical (unpaired) electrons. The largest absolute Gasteiger partial charge is 0.497 e. The lowest BCUT2D eigenvalue weighted by Crippen LogP contribution is -2.48. The Labute approximate surface area is 157 Å². The Hall–Kier alpha value is -3.35. The number of hydrogen-bond acceptors (Lipinski definition) is 5. The zero-order chi connectivity index (χ0) is 18.6. The van der Waals surface area contributed by atoms with Crippen LogP contribution in [0.15, 0.2) is 54.7 Å². The van der Waals surface area contributed by atoms with Crippen molar-refractivity contribution in [3.8, 4) is 17.1 Å². The van der Waals surface area contributed by atoms with E-state index in [0.717, 1.165) is 30.2 Å². The van der Waals surface area contributed by atoms with Gasteiger partial charge in [-0.2, -0.15) is 5.10 Å². The number of amides is 1. The van der Waals surface area contributed by atoms with E-state index in [9.17, 15) is 4.79 Å². The number of pyridine rings is 1. The predicted molar refractivity (Wildman–Crippen MR) is 103 cm³/mol. The molecule has 7 heteroatoms. The van der Waals surface area contributed by atoms with Gasteiger partial charge in [0.15, 0.2) is 0 Å². The molecule has 27 heavy (non-hydrogen) atoms. The lowest BCUT2D eigenvalue weighted by atomic mass is 10.2. The Morgan fingerprint density at radius 1 is 1.04 bits per heavy atom. The van der Waals surface area contributed by atoms with Gasteiger partial charge in [0.2, 0.25) is 0 Å². The number of anilines is 1. The summed E-state index contributed by atoms with van der Waals surface area (Å²) in [4.78, 5) is 21.2. The topological polar surface area (TPSA) is 74.3 Å².